The summed E-state index contributed by atoms with van der Waals surface area (Å²) in [6, 6.07) is 9.75. The standard InChI is InChI=1S/C12H11NOS/c1-2-9-4-3-5-11(13-9)12-7-6-10(8-14)15-12/h3-8H,2H2,1H3. The summed E-state index contributed by atoms with van der Waals surface area (Å²) in [5, 5.41) is 0. The van der Waals surface area contributed by atoms with Crippen molar-refractivity contribution in [2.45, 2.75) is 13.3 Å². The first kappa shape index (κ1) is 10.1. The predicted octanol–water partition coefficient (Wildman–Crippen LogP) is 3.19. The van der Waals surface area contributed by atoms with Gasteiger partial charge in [-0.05, 0) is 30.7 Å². The van der Waals surface area contributed by atoms with Gasteiger partial charge in [-0.3, -0.25) is 9.78 Å². The molecule has 2 aromatic rings. The number of pyridine rings is 1. The van der Waals surface area contributed by atoms with Crippen LogP contribution in [0.25, 0.3) is 10.6 Å². The number of aryl methyl sites for hydroxylation is 1. The molecule has 3 heteroatoms. The van der Waals surface area contributed by atoms with Crippen molar-refractivity contribution >= 4 is 17.6 Å². The van der Waals surface area contributed by atoms with Crippen molar-refractivity contribution in [2.24, 2.45) is 0 Å². The molecule has 0 spiro atoms. The highest BCUT2D eigenvalue weighted by Gasteiger charge is 2.03. The molecule has 0 saturated carbocycles. The molecule has 0 radical (unpaired) electrons. The first-order chi connectivity index (χ1) is 7.33. The minimum Gasteiger partial charge on any atom is -0.297 e. The van der Waals surface area contributed by atoms with E-state index in [0.29, 0.717) is 0 Å². The lowest BCUT2D eigenvalue weighted by Gasteiger charge is -1.99. The van der Waals surface area contributed by atoms with Gasteiger partial charge < -0.3 is 0 Å². The average molecular weight is 217 g/mol. The molecule has 0 amide bonds. The van der Waals surface area contributed by atoms with Crippen molar-refractivity contribution in [3.8, 4) is 10.6 Å². The van der Waals surface area contributed by atoms with E-state index >= 15 is 0 Å². The molecule has 0 saturated heterocycles. The van der Waals surface area contributed by atoms with Gasteiger partial charge in [0.15, 0.2) is 6.29 Å². The molecule has 0 atom stereocenters. The Balaban J connectivity index is 2.39. The lowest BCUT2D eigenvalue weighted by Crippen LogP contribution is -1.87. The zero-order valence-electron chi connectivity index (χ0n) is 8.43. The van der Waals surface area contributed by atoms with Crippen LogP contribution >= 0.6 is 11.3 Å². The smallest absolute Gasteiger partial charge is 0.160 e. The highest BCUT2D eigenvalue weighted by Crippen LogP contribution is 2.25. The molecular weight excluding hydrogens is 206 g/mol. The molecular formula is C12H11NOS. The highest BCUT2D eigenvalue weighted by atomic mass is 32.1. The number of carbonyl (C=O) groups is 1. The van der Waals surface area contributed by atoms with E-state index in [4.69, 9.17) is 0 Å². The Morgan fingerprint density at radius 2 is 2.20 bits per heavy atom. The summed E-state index contributed by atoms with van der Waals surface area (Å²) >= 11 is 1.47. The Hall–Kier alpha value is -1.48. The van der Waals surface area contributed by atoms with Crippen molar-refractivity contribution in [2.75, 3.05) is 0 Å². The molecule has 2 heterocycles. The molecule has 0 aliphatic heterocycles. The van der Waals surface area contributed by atoms with Crippen LogP contribution in [0.1, 0.15) is 22.3 Å². The lowest BCUT2D eigenvalue weighted by atomic mass is 10.2. The summed E-state index contributed by atoms with van der Waals surface area (Å²) < 4.78 is 0. The van der Waals surface area contributed by atoms with Crippen molar-refractivity contribution in [1.29, 1.82) is 0 Å². The molecule has 76 valence electrons. The van der Waals surface area contributed by atoms with Gasteiger partial charge in [-0.1, -0.05) is 13.0 Å². The second kappa shape index (κ2) is 4.36. The van der Waals surface area contributed by atoms with E-state index in [0.717, 1.165) is 33.8 Å². The molecule has 0 aromatic carbocycles. The van der Waals surface area contributed by atoms with E-state index in [-0.39, 0.29) is 0 Å². The molecule has 0 N–H and O–H groups in total. The quantitative estimate of drug-likeness (QED) is 0.739. The van der Waals surface area contributed by atoms with Crippen LogP contribution in [0.15, 0.2) is 30.3 Å². The number of hydrogen-bond donors (Lipinski definition) is 0. The van der Waals surface area contributed by atoms with Crippen molar-refractivity contribution < 1.29 is 4.79 Å². The van der Waals surface area contributed by atoms with Crippen LogP contribution in [0.5, 0.6) is 0 Å². The van der Waals surface area contributed by atoms with E-state index in [9.17, 15) is 4.79 Å². The third-order valence-corrected chi connectivity index (χ3v) is 3.20. The van der Waals surface area contributed by atoms with Gasteiger partial charge in [0.25, 0.3) is 0 Å². The third-order valence-electron chi connectivity index (χ3n) is 2.16. The lowest BCUT2D eigenvalue weighted by molar-refractivity contribution is 0.112. The molecule has 15 heavy (non-hydrogen) atoms. The number of aldehydes is 1. The normalized spacial score (nSPS) is 10.2. The predicted molar refractivity (Wildman–Crippen MR) is 62.3 cm³/mol. The van der Waals surface area contributed by atoms with Gasteiger partial charge in [0.2, 0.25) is 0 Å². The second-order valence-corrected chi connectivity index (χ2v) is 4.30. The molecule has 0 bridgehead atoms. The third kappa shape index (κ3) is 2.13. The van der Waals surface area contributed by atoms with Crippen LogP contribution in [0.3, 0.4) is 0 Å². The number of hydrogen-bond acceptors (Lipinski definition) is 3. The van der Waals surface area contributed by atoms with E-state index in [1.54, 1.807) is 0 Å². The largest absolute Gasteiger partial charge is 0.297 e. The fourth-order valence-electron chi connectivity index (χ4n) is 1.37. The number of nitrogens with zero attached hydrogens (tertiary/aromatic N) is 1. The Morgan fingerprint density at radius 1 is 1.33 bits per heavy atom. The van der Waals surface area contributed by atoms with Crippen LogP contribution in [0, 0.1) is 0 Å². The molecule has 0 aliphatic rings. The summed E-state index contributed by atoms with van der Waals surface area (Å²) in [6.07, 6.45) is 1.80. The fourth-order valence-corrected chi connectivity index (χ4v) is 2.16. The summed E-state index contributed by atoms with van der Waals surface area (Å²) in [7, 11) is 0. The summed E-state index contributed by atoms with van der Waals surface area (Å²) in [5.41, 5.74) is 2.03. The van der Waals surface area contributed by atoms with E-state index in [2.05, 4.69) is 11.9 Å². The monoisotopic (exact) mass is 217 g/mol. The first-order valence-electron chi connectivity index (χ1n) is 4.85. The number of thiophene rings is 1. The van der Waals surface area contributed by atoms with Gasteiger partial charge in [0.05, 0.1) is 15.4 Å². The van der Waals surface area contributed by atoms with Crippen molar-refractivity contribution in [3.63, 3.8) is 0 Å². The Morgan fingerprint density at radius 3 is 2.87 bits per heavy atom. The van der Waals surface area contributed by atoms with Gasteiger partial charge in [0.1, 0.15) is 0 Å². The zero-order chi connectivity index (χ0) is 10.7. The van der Waals surface area contributed by atoms with E-state index in [1.807, 2.05) is 30.3 Å². The van der Waals surface area contributed by atoms with Crippen LogP contribution in [-0.4, -0.2) is 11.3 Å². The molecule has 0 fully saturated rings. The minimum absolute atomic E-state index is 0.744. The Labute approximate surface area is 92.6 Å². The van der Waals surface area contributed by atoms with Gasteiger partial charge in [-0.2, -0.15) is 0 Å². The topological polar surface area (TPSA) is 30.0 Å². The van der Waals surface area contributed by atoms with Crippen LogP contribution in [0.4, 0.5) is 0 Å². The number of aromatic nitrogens is 1. The maximum absolute atomic E-state index is 10.6. The average Bonchev–Trinajstić information content (AvgIpc) is 2.78. The van der Waals surface area contributed by atoms with Gasteiger partial charge >= 0.3 is 0 Å². The first-order valence-corrected chi connectivity index (χ1v) is 5.66. The van der Waals surface area contributed by atoms with Crippen LogP contribution < -0.4 is 0 Å². The summed E-state index contributed by atoms with van der Waals surface area (Å²) in [6.45, 7) is 2.08. The minimum atomic E-state index is 0.744. The molecule has 2 aromatic heterocycles. The molecule has 0 aliphatic carbocycles. The number of rotatable bonds is 3. The van der Waals surface area contributed by atoms with Gasteiger partial charge in [-0.15, -0.1) is 11.3 Å². The summed E-state index contributed by atoms with van der Waals surface area (Å²) in [4.78, 5) is 16.9. The van der Waals surface area contributed by atoms with Gasteiger partial charge in [-0.25, -0.2) is 0 Å². The van der Waals surface area contributed by atoms with Gasteiger partial charge in [0, 0.05) is 5.69 Å². The van der Waals surface area contributed by atoms with E-state index < -0.39 is 0 Å². The SMILES string of the molecule is CCc1cccc(-c2ccc(C=O)s2)n1. The Kier molecular flexibility index (Phi) is 2.92. The maximum Gasteiger partial charge on any atom is 0.160 e. The fraction of sp³-hybridized carbons (Fsp3) is 0.167. The molecule has 2 nitrogen and oxygen atoms in total. The maximum atomic E-state index is 10.6. The summed E-state index contributed by atoms with van der Waals surface area (Å²) in [5.74, 6) is 0. The molecule has 0 unspecified atom stereocenters. The highest BCUT2D eigenvalue weighted by molar-refractivity contribution is 7.17. The van der Waals surface area contributed by atoms with Crippen molar-refractivity contribution in [1.82, 2.24) is 4.98 Å². The van der Waals surface area contributed by atoms with E-state index in [1.165, 1.54) is 11.3 Å². The number of carbonyl (C=O) groups excluding carboxylic acids is 1. The molecule has 2 rings (SSSR count). The Bertz CT molecular complexity index is 476. The van der Waals surface area contributed by atoms with Crippen LogP contribution in [-0.2, 0) is 6.42 Å². The second-order valence-electron chi connectivity index (χ2n) is 3.19. The van der Waals surface area contributed by atoms with Crippen LogP contribution in [0.2, 0.25) is 0 Å². The van der Waals surface area contributed by atoms with Crippen molar-refractivity contribution in [3.05, 3.63) is 40.9 Å². The zero-order valence-corrected chi connectivity index (χ0v) is 9.25.